The van der Waals surface area contributed by atoms with Gasteiger partial charge in [0.15, 0.2) is 0 Å². The Labute approximate surface area is 223 Å². The van der Waals surface area contributed by atoms with Gasteiger partial charge in [0.1, 0.15) is 0 Å². The third-order valence-electron chi connectivity index (χ3n) is 0.744. The summed E-state index contributed by atoms with van der Waals surface area (Å²) in [6.07, 6.45) is 0. The number of nitrogens with two attached hydrogens (primary N) is 2. The van der Waals surface area contributed by atoms with Crippen molar-refractivity contribution < 1.29 is 150 Å². The van der Waals surface area contributed by atoms with E-state index in [9.17, 15) is 21.4 Å². The van der Waals surface area contributed by atoms with Gasteiger partial charge >= 0.3 is 99.1 Å². The van der Waals surface area contributed by atoms with Crippen molar-refractivity contribution >= 4 is 41.0 Å². The second kappa shape index (κ2) is 23.1. The van der Waals surface area contributed by atoms with Crippen molar-refractivity contribution in [3.63, 3.8) is 0 Å². The molecule has 27 heavy (non-hydrogen) atoms. The maximum absolute atomic E-state index is 9.71. The summed E-state index contributed by atoms with van der Waals surface area (Å²) < 4.78 is 122. The molecule has 0 aromatic heterocycles. The Hall–Kier alpha value is 2.48. The average Bonchev–Trinajstić information content (AvgIpc) is 2.07. The summed E-state index contributed by atoms with van der Waals surface area (Å²) in [4.78, 5) is 0. The summed E-state index contributed by atoms with van der Waals surface area (Å²) in [5, 5.41) is 0. The van der Waals surface area contributed by atoms with Crippen LogP contribution < -0.4 is 100 Å². The normalized spacial score (nSPS) is 10.4. The minimum atomic E-state index is -5.17. The van der Waals surface area contributed by atoms with Crippen LogP contribution in [-0.2, 0) is 41.0 Å². The fourth-order valence-corrected chi connectivity index (χ4v) is 0.880. The first-order valence-electron chi connectivity index (χ1n) is 4.77. The Balaban J connectivity index is -0.0000000385. The van der Waals surface area contributed by atoms with E-state index in [0.717, 1.165) is 0 Å². The quantitative estimate of drug-likeness (QED) is 0.132. The second-order valence-corrected chi connectivity index (χ2v) is 7.79. The van der Waals surface area contributed by atoms with Crippen LogP contribution in [0, 0.1) is 0 Å². The van der Waals surface area contributed by atoms with E-state index in [0.29, 0.717) is 0 Å². The van der Waals surface area contributed by atoms with Crippen molar-refractivity contribution in [2.45, 2.75) is 0 Å². The van der Waals surface area contributed by atoms with E-state index in [2.05, 4.69) is 0 Å². The van der Waals surface area contributed by atoms with Crippen LogP contribution in [0.25, 0.3) is 0 Å². The number of hydrogen-bond acceptors (Lipinski definition) is 13. The Bertz CT molecular complexity index is 636. The molecule has 0 aliphatic heterocycles. The van der Waals surface area contributed by atoms with E-state index in [4.69, 9.17) is 51.1 Å². The number of hydrogen-bond donors (Lipinski definition) is 5. The Kier molecular flexibility index (Phi) is 40.6. The zero-order valence-electron chi connectivity index (χ0n) is 14.4. The van der Waals surface area contributed by atoms with E-state index >= 15 is 0 Å². The third-order valence-corrected chi connectivity index (χ3v) is 2.23. The maximum Gasteiger partial charge on any atom is 1.00 e. The summed E-state index contributed by atoms with van der Waals surface area (Å²) in [5.41, 5.74) is 9.51. The zero-order valence-corrected chi connectivity index (χ0v) is 23.7. The van der Waals surface area contributed by atoms with Crippen molar-refractivity contribution in [1.29, 1.82) is 0 Å². The fourth-order valence-electron chi connectivity index (χ4n) is 0.293. The van der Waals surface area contributed by atoms with Gasteiger partial charge in [-0.25, -0.2) is 8.42 Å². The first-order valence-corrected chi connectivity index (χ1v) is 10.7. The Morgan fingerprint density at radius 3 is 0.815 bits per heavy atom. The standard InChI is InChI=1S/2C2H7NO3S.3Na.2H2O4S/c2*3-1-2-7(4,5)6;;;;2*1-5(2,3)4/h2*1-3H2,(H,4,5,6);;;;2*(H2,1,2,3,4)/q;;3*+1;;/p-3. The molecule has 0 saturated heterocycles. The molecule has 0 saturated carbocycles. The maximum atomic E-state index is 9.71. The molecule has 0 aromatic carbocycles. The SMILES string of the molecule is NCCS(=O)(=O)O.NCCS(=O)(=O)[O-].O=S(=O)(O)O.O=S(=O)([O-])[O-].[Na+].[Na+].[Na+]. The molecule has 0 bridgehead atoms. The summed E-state index contributed by atoms with van der Waals surface area (Å²) in [5.74, 6) is -0.819. The molecule has 0 aliphatic carbocycles. The molecule has 0 heterocycles. The van der Waals surface area contributed by atoms with E-state index in [1.165, 1.54) is 0 Å². The molecular formula is C4H15N2Na3O14S4. The van der Waals surface area contributed by atoms with Gasteiger partial charge in [0.25, 0.3) is 10.1 Å². The molecule has 23 heteroatoms. The molecule has 0 spiro atoms. The van der Waals surface area contributed by atoms with Gasteiger partial charge in [0.2, 0.25) is 0 Å². The van der Waals surface area contributed by atoms with Gasteiger partial charge < -0.3 is 25.1 Å². The monoisotopic (exact) mass is 512 g/mol. The minimum absolute atomic E-state index is 0. The van der Waals surface area contributed by atoms with Crippen molar-refractivity contribution in [2.75, 3.05) is 24.6 Å². The van der Waals surface area contributed by atoms with Crippen LogP contribution >= 0.6 is 0 Å². The summed E-state index contributed by atoms with van der Waals surface area (Å²) in [6.45, 7) is -0.120. The topological polar surface area (TPSA) is 318 Å². The van der Waals surface area contributed by atoms with E-state index in [-0.39, 0.29) is 108 Å². The van der Waals surface area contributed by atoms with Gasteiger partial charge in [0, 0.05) is 23.5 Å². The molecule has 16 nitrogen and oxygen atoms in total. The van der Waals surface area contributed by atoms with Crippen LogP contribution in [0.3, 0.4) is 0 Å². The van der Waals surface area contributed by atoms with Crippen LogP contribution in [-0.4, -0.2) is 85.6 Å². The largest absolute Gasteiger partial charge is 1.00 e. The first-order chi connectivity index (χ1) is 10.1. The molecule has 0 aromatic rings. The van der Waals surface area contributed by atoms with E-state index in [1.807, 2.05) is 0 Å². The molecule has 0 rings (SSSR count). The van der Waals surface area contributed by atoms with E-state index < -0.39 is 46.8 Å². The second-order valence-electron chi connectivity index (χ2n) is 2.98. The van der Waals surface area contributed by atoms with Gasteiger partial charge in [-0.05, 0) is 0 Å². The van der Waals surface area contributed by atoms with Crippen LogP contribution in [0.1, 0.15) is 0 Å². The predicted octanol–water partition coefficient (Wildman–Crippen LogP) is -13.7. The predicted molar refractivity (Wildman–Crippen MR) is 73.7 cm³/mol. The summed E-state index contributed by atoms with van der Waals surface area (Å²) >= 11 is 0. The molecule has 0 unspecified atom stereocenters. The van der Waals surface area contributed by atoms with Gasteiger partial charge in [-0.15, -0.1) is 0 Å². The van der Waals surface area contributed by atoms with Gasteiger partial charge in [-0.1, -0.05) is 0 Å². The van der Waals surface area contributed by atoms with E-state index in [1.54, 1.807) is 0 Å². The Morgan fingerprint density at radius 1 is 0.630 bits per heavy atom. The van der Waals surface area contributed by atoms with Crippen LogP contribution in [0.4, 0.5) is 0 Å². The molecule has 0 aliphatic rings. The van der Waals surface area contributed by atoms with Gasteiger partial charge in [-0.3, -0.25) is 22.1 Å². The Morgan fingerprint density at radius 2 is 0.815 bits per heavy atom. The van der Waals surface area contributed by atoms with Gasteiger partial charge in [0.05, 0.1) is 21.6 Å². The average molecular weight is 512 g/mol. The van der Waals surface area contributed by atoms with Crippen molar-refractivity contribution in [3.05, 3.63) is 0 Å². The van der Waals surface area contributed by atoms with Crippen molar-refractivity contribution in [2.24, 2.45) is 11.5 Å². The molecule has 7 N–H and O–H groups in total. The third kappa shape index (κ3) is 182. The van der Waals surface area contributed by atoms with Crippen LogP contribution in [0.2, 0.25) is 0 Å². The van der Waals surface area contributed by atoms with Crippen LogP contribution in [0.15, 0.2) is 0 Å². The van der Waals surface area contributed by atoms with Crippen LogP contribution in [0.5, 0.6) is 0 Å². The molecule has 0 radical (unpaired) electrons. The molecule has 0 fully saturated rings. The fraction of sp³-hybridized carbons (Fsp3) is 1.00. The van der Waals surface area contributed by atoms with Gasteiger partial charge in [-0.2, -0.15) is 16.8 Å². The van der Waals surface area contributed by atoms with Crippen molar-refractivity contribution in [3.8, 4) is 0 Å². The molecule has 0 amide bonds. The minimum Gasteiger partial charge on any atom is -0.759 e. The van der Waals surface area contributed by atoms with Crippen molar-refractivity contribution in [1.82, 2.24) is 0 Å². The molecule has 152 valence electrons. The first kappa shape index (κ1) is 47.3. The summed E-state index contributed by atoms with van der Waals surface area (Å²) in [7, 11) is -17.7. The smallest absolute Gasteiger partial charge is 0.759 e. The number of rotatable bonds is 4. The molecular weight excluding hydrogens is 497 g/mol. The molecule has 0 atom stereocenters. The summed E-state index contributed by atoms with van der Waals surface area (Å²) in [6, 6.07) is 0. The zero-order chi connectivity index (χ0) is 20.8.